The zero-order valence-electron chi connectivity index (χ0n) is 12.4. The fraction of sp³-hybridized carbons (Fsp3) is 0.176. The maximum atomic E-state index is 12.1. The van der Waals surface area contributed by atoms with Crippen LogP contribution in [-0.4, -0.2) is 18.4 Å². The molecular weight excluding hydrogens is 280 g/mol. The van der Waals surface area contributed by atoms with Crippen molar-refractivity contribution in [3.8, 4) is 11.5 Å². The van der Waals surface area contributed by atoms with Crippen molar-refractivity contribution in [2.75, 3.05) is 6.79 Å². The van der Waals surface area contributed by atoms with Crippen molar-refractivity contribution in [3.05, 3.63) is 59.2 Å². The van der Waals surface area contributed by atoms with Gasteiger partial charge in [0, 0.05) is 5.56 Å². The predicted molar refractivity (Wildman–Crippen MR) is 83.4 cm³/mol. The number of nitrogens with zero attached hydrogens (tertiary/aromatic N) is 1. The van der Waals surface area contributed by atoms with Gasteiger partial charge in [0.1, 0.15) is 0 Å². The van der Waals surface area contributed by atoms with E-state index in [1.807, 2.05) is 38.1 Å². The molecule has 1 N–H and O–H groups in total. The third-order valence-electron chi connectivity index (χ3n) is 3.40. The van der Waals surface area contributed by atoms with E-state index in [9.17, 15) is 4.79 Å². The minimum atomic E-state index is -0.287. The molecule has 0 spiro atoms. The summed E-state index contributed by atoms with van der Waals surface area (Å²) in [5.41, 5.74) is 5.91. The van der Waals surface area contributed by atoms with Gasteiger partial charge in [-0.05, 0) is 37.6 Å². The molecule has 0 aliphatic carbocycles. The molecular formula is C17H16N2O3. The van der Waals surface area contributed by atoms with Gasteiger partial charge in [0.05, 0.1) is 5.71 Å². The van der Waals surface area contributed by atoms with Gasteiger partial charge in [-0.25, -0.2) is 5.43 Å². The first kappa shape index (κ1) is 14.1. The van der Waals surface area contributed by atoms with Crippen molar-refractivity contribution in [1.82, 2.24) is 5.43 Å². The first-order chi connectivity index (χ1) is 10.6. The van der Waals surface area contributed by atoms with Crippen molar-refractivity contribution in [3.63, 3.8) is 0 Å². The summed E-state index contributed by atoms with van der Waals surface area (Å²) in [4.78, 5) is 12.1. The number of aryl methyl sites for hydroxylation is 1. The number of hydrogen-bond acceptors (Lipinski definition) is 4. The number of ether oxygens (including phenoxy) is 2. The monoisotopic (exact) mass is 296 g/mol. The molecule has 1 aliphatic rings. The molecule has 0 unspecified atom stereocenters. The number of carbonyl (C=O) groups is 1. The molecule has 5 heteroatoms. The van der Waals surface area contributed by atoms with Crippen LogP contribution in [0.25, 0.3) is 0 Å². The standard InChI is InChI=1S/C17H16N2O3/c1-11-4-3-5-13(8-11)12(2)18-19-17(20)14-6-7-15-16(9-14)22-10-21-15/h3-9H,10H2,1-2H3,(H,19,20). The molecule has 0 fully saturated rings. The quantitative estimate of drug-likeness (QED) is 0.700. The molecule has 0 saturated carbocycles. The van der Waals surface area contributed by atoms with E-state index >= 15 is 0 Å². The number of nitrogens with one attached hydrogen (secondary N) is 1. The van der Waals surface area contributed by atoms with Crippen molar-refractivity contribution in [2.45, 2.75) is 13.8 Å². The van der Waals surface area contributed by atoms with Crippen LogP contribution >= 0.6 is 0 Å². The third kappa shape index (κ3) is 2.93. The number of fused-ring (bicyclic) bond motifs is 1. The highest BCUT2D eigenvalue weighted by molar-refractivity contribution is 6.01. The second-order valence-electron chi connectivity index (χ2n) is 5.08. The highest BCUT2D eigenvalue weighted by atomic mass is 16.7. The second kappa shape index (κ2) is 5.89. The number of hydrogen-bond donors (Lipinski definition) is 1. The number of amides is 1. The summed E-state index contributed by atoms with van der Waals surface area (Å²) in [6, 6.07) is 13.0. The lowest BCUT2D eigenvalue weighted by Crippen LogP contribution is -2.19. The second-order valence-corrected chi connectivity index (χ2v) is 5.08. The topological polar surface area (TPSA) is 59.9 Å². The maximum absolute atomic E-state index is 12.1. The van der Waals surface area contributed by atoms with Gasteiger partial charge in [-0.1, -0.05) is 29.8 Å². The van der Waals surface area contributed by atoms with Crippen LogP contribution in [0.1, 0.15) is 28.4 Å². The SMILES string of the molecule is CC(=NNC(=O)c1ccc2c(c1)OCO2)c1cccc(C)c1. The summed E-state index contributed by atoms with van der Waals surface area (Å²) >= 11 is 0. The summed E-state index contributed by atoms with van der Waals surface area (Å²) in [5.74, 6) is 0.938. The molecule has 112 valence electrons. The molecule has 1 heterocycles. The van der Waals surface area contributed by atoms with E-state index in [0.717, 1.165) is 16.8 Å². The van der Waals surface area contributed by atoms with Gasteiger partial charge < -0.3 is 9.47 Å². The highest BCUT2D eigenvalue weighted by Gasteiger charge is 2.16. The average Bonchev–Trinajstić information content (AvgIpc) is 2.99. The summed E-state index contributed by atoms with van der Waals surface area (Å²) in [5, 5.41) is 4.15. The van der Waals surface area contributed by atoms with Crippen molar-refractivity contribution >= 4 is 11.6 Å². The molecule has 0 radical (unpaired) electrons. The zero-order valence-corrected chi connectivity index (χ0v) is 12.4. The van der Waals surface area contributed by atoms with Crippen LogP contribution in [0.4, 0.5) is 0 Å². The molecule has 0 atom stereocenters. The Kier molecular flexibility index (Phi) is 3.78. The summed E-state index contributed by atoms with van der Waals surface area (Å²) < 4.78 is 10.5. The molecule has 1 amide bonds. The van der Waals surface area contributed by atoms with Crippen LogP contribution in [0, 0.1) is 6.92 Å². The third-order valence-corrected chi connectivity index (χ3v) is 3.40. The van der Waals surface area contributed by atoms with Crippen LogP contribution in [0.15, 0.2) is 47.6 Å². The molecule has 2 aromatic rings. The van der Waals surface area contributed by atoms with Gasteiger partial charge >= 0.3 is 0 Å². The number of benzene rings is 2. The first-order valence-corrected chi connectivity index (χ1v) is 6.95. The Bertz CT molecular complexity index is 753. The lowest BCUT2D eigenvalue weighted by atomic mass is 10.1. The van der Waals surface area contributed by atoms with E-state index in [-0.39, 0.29) is 12.7 Å². The highest BCUT2D eigenvalue weighted by Crippen LogP contribution is 2.32. The van der Waals surface area contributed by atoms with Gasteiger partial charge in [0.2, 0.25) is 6.79 Å². The van der Waals surface area contributed by atoms with Crippen LogP contribution in [0.3, 0.4) is 0 Å². The van der Waals surface area contributed by atoms with Crippen LogP contribution in [0.2, 0.25) is 0 Å². The van der Waals surface area contributed by atoms with E-state index in [1.54, 1.807) is 18.2 Å². The molecule has 3 rings (SSSR count). The fourth-order valence-electron chi connectivity index (χ4n) is 2.17. The number of carbonyl (C=O) groups excluding carboxylic acids is 1. The van der Waals surface area contributed by atoms with Crippen LogP contribution in [0.5, 0.6) is 11.5 Å². The van der Waals surface area contributed by atoms with Crippen molar-refractivity contribution < 1.29 is 14.3 Å². The Labute approximate surface area is 128 Å². The molecule has 0 bridgehead atoms. The lowest BCUT2D eigenvalue weighted by Gasteiger charge is -2.04. The predicted octanol–water partition coefficient (Wildman–Crippen LogP) is 2.88. The van der Waals surface area contributed by atoms with E-state index in [2.05, 4.69) is 10.5 Å². The number of hydrazone groups is 1. The first-order valence-electron chi connectivity index (χ1n) is 6.95. The number of rotatable bonds is 3. The van der Waals surface area contributed by atoms with Crippen molar-refractivity contribution in [2.24, 2.45) is 5.10 Å². The van der Waals surface area contributed by atoms with Gasteiger partial charge in [0.15, 0.2) is 11.5 Å². The Morgan fingerprint density at radius 2 is 1.91 bits per heavy atom. The molecule has 2 aromatic carbocycles. The van der Waals surface area contributed by atoms with Gasteiger partial charge in [-0.2, -0.15) is 5.10 Å². The Balaban J connectivity index is 1.73. The normalized spacial score (nSPS) is 13.1. The zero-order chi connectivity index (χ0) is 15.5. The summed E-state index contributed by atoms with van der Waals surface area (Å²) in [6.45, 7) is 4.06. The van der Waals surface area contributed by atoms with Gasteiger partial charge in [-0.15, -0.1) is 0 Å². The molecule has 1 aliphatic heterocycles. The van der Waals surface area contributed by atoms with Crippen LogP contribution < -0.4 is 14.9 Å². The summed E-state index contributed by atoms with van der Waals surface area (Å²) in [7, 11) is 0. The fourth-order valence-corrected chi connectivity index (χ4v) is 2.17. The Morgan fingerprint density at radius 1 is 1.09 bits per heavy atom. The van der Waals surface area contributed by atoms with Gasteiger partial charge in [-0.3, -0.25) is 4.79 Å². The minimum Gasteiger partial charge on any atom is -0.454 e. The Morgan fingerprint density at radius 3 is 2.73 bits per heavy atom. The van der Waals surface area contributed by atoms with Gasteiger partial charge in [0.25, 0.3) is 5.91 Å². The van der Waals surface area contributed by atoms with E-state index in [0.29, 0.717) is 17.1 Å². The van der Waals surface area contributed by atoms with Crippen LogP contribution in [-0.2, 0) is 0 Å². The largest absolute Gasteiger partial charge is 0.454 e. The molecule has 5 nitrogen and oxygen atoms in total. The molecule has 0 aromatic heterocycles. The smallest absolute Gasteiger partial charge is 0.271 e. The van der Waals surface area contributed by atoms with Crippen molar-refractivity contribution in [1.29, 1.82) is 0 Å². The van der Waals surface area contributed by atoms with E-state index < -0.39 is 0 Å². The van der Waals surface area contributed by atoms with E-state index in [4.69, 9.17) is 9.47 Å². The average molecular weight is 296 g/mol. The maximum Gasteiger partial charge on any atom is 0.271 e. The minimum absolute atomic E-state index is 0.186. The summed E-state index contributed by atoms with van der Waals surface area (Å²) in [6.07, 6.45) is 0. The molecule has 22 heavy (non-hydrogen) atoms. The molecule has 0 saturated heterocycles. The Hall–Kier alpha value is -2.82. The van der Waals surface area contributed by atoms with E-state index in [1.165, 1.54) is 0 Å². The lowest BCUT2D eigenvalue weighted by molar-refractivity contribution is 0.0954.